The molecular formula is C17H18F2O2. The quantitative estimate of drug-likeness (QED) is 0.884. The molecule has 2 aromatic rings. The molecule has 0 aliphatic rings. The van der Waals surface area contributed by atoms with Crippen LogP contribution in [0.2, 0.25) is 0 Å². The van der Waals surface area contributed by atoms with Gasteiger partial charge in [0.2, 0.25) is 0 Å². The van der Waals surface area contributed by atoms with Crippen LogP contribution in [0.5, 0.6) is 5.75 Å². The van der Waals surface area contributed by atoms with Gasteiger partial charge in [0.05, 0.1) is 7.11 Å². The summed E-state index contributed by atoms with van der Waals surface area (Å²) < 4.78 is 31.4. The number of rotatable bonds is 6. The Balaban J connectivity index is 2.05. The summed E-state index contributed by atoms with van der Waals surface area (Å²) in [6, 6.07) is 11.0. The molecule has 0 amide bonds. The molecule has 1 N–H and O–H groups in total. The SMILES string of the molecule is COc1ccc(CC(CO)Cc2cc(F)cc(F)c2)cc1. The van der Waals surface area contributed by atoms with Crippen LogP contribution in [0.25, 0.3) is 0 Å². The third-order valence-corrected chi connectivity index (χ3v) is 3.39. The van der Waals surface area contributed by atoms with Crippen molar-refractivity contribution >= 4 is 0 Å². The number of aliphatic hydroxyl groups excluding tert-OH is 1. The molecule has 0 aliphatic carbocycles. The van der Waals surface area contributed by atoms with Crippen LogP contribution in [0.4, 0.5) is 8.78 Å². The minimum Gasteiger partial charge on any atom is -0.497 e. The maximum atomic E-state index is 13.2. The van der Waals surface area contributed by atoms with Crippen molar-refractivity contribution in [3.05, 3.63) is 65.2 Å². The van der Waals surface area contributed by atoms with E-state index in [9.17, 15) is 13.9 Å². The first kappa shape index (κ1) is 15.4. The van der Waals surface area contributed by atoms with Crippen molar-refractivity contribution in [2.75, 3.05) is 13.7 Å². The van der Waals surface area contributed by atoms with Gasteiger partial charge in [0.1, 0.15) is 17.4 Å². The lowest BCUT2D eigenvalue weighted by atomic mass is 9.93. The molecule has 0 saturated heterocycles. The molecule has 1 unspecified atom stereocenters. The van der Waals surface area contributed by atoms with E-state index in [1.165, 1.54) is 12.1 Å². The monoisotopic (exact) mass is 292 g/mol. The number of ether oxygens (including phenoxy) is 1. The van der Waals surface area contributed by atoms with Crippen LogP contribution in [0, 0.1) is 17.6 Å². The van der Waals surface area contributed by atoms with Crippen molar-refractivity contribution in [3.8, 4) is 5.75 Å². The van der Waals surface area contributed by atoms with Gasteiger partial charge in [0.15, 0.2) is 0 Å². The van der Waals surface area contributed by atoms with E-state index in [1.54, 1.807) is 7.11 Å². The summed E-state index contributed by atoms with van der Waals surface area (Å²) in [5.41, 5.74) is 1.60. The van der Waals surface area contributed by atoms with E-state index >= 15 is 0 Å². The van der Waals surface area contributed by atoms with Crippen LogP contribution in [0.3, 0.4) is 0 Å². The van der Waals surface area contributed by atoms with E-state index in [1.807, 2.05) is 24.3 Å². The van der Waals surface area contributed by atoms with E-state index < -0.39 is 11.6 Å². The van der Waals surface area contributed by atoms with Crippen LogP contribution >= 0.6 is 0 Å². The molecule has 0 spiro atoms. The topological polar surface area (TPSA) is 29.5 Å². The minimum absolute atomic E-state index is 0.0375. The highest BCUT2D eigenvalue weighted by atomic mass is 19.1. The molecule has 0 aliphatic heterocycles. The van der Waals surface area contributed by atoms with Gasteiger partial charge in [0.25, 0.3) is 0 Å². The zero-order valence-corrected chi connectivity index (χ0v) is 11.9. The first-order valence-corrected chi connectivity index (χ1v) is 6.79. The Bertz CT molecular complexity index is 562. The minimum atomic E-state index is -0.592. The van der Waals surface area contributed by atoms with Crippen molar-refractivity contribution in [1.29, 1.82) is 0 Å². The first-order valence-electron chi connectivity index (χ1n) is 6.79. The first-order chi connectivity index (χ1) is 10.1. The van der Waals surface area contributed by atoms with Gasteiger partial charge < -0.3 is 9.84 Å². The Morgan fingerprint density at radius 2 is 1.52 bits per heavy atom. The van der Waals surface area contributed by atoms with Gasteiger partial charge >= 0.3 is 0 Å². The fourth-order valence-electron chi connectivity index (χ4n) is 2.36. The lowest BCUT2D eigenvalue weighted by Crippen LogP contribution is -2.13. The van der Waals surface area contributed by atoms with Gasteiger partial charge in [-0.15, -0.1) is 0 Å². The molecule has 0 heterocycles. The van der Waals surface area contributed by atoms with Gasteiger partial charge in [-0.3, -0.25) is 0 Å². The van der Waals surface area contributed by atoms with Crippen molar-refractivity contribution in [1.82, 2.24) is 0 Å². The fraction of sp³-hybridized carbons (Fsp3) is 0.294. The number of methoxy groups -OCH3 is 1. The molecule has 0 bridgehead atoms. The highest BCUT2D eigenvalue weighted by molar-refractivity contribution is 5.27. The number of hydrogen-bond acceptors (Lipinski definition) is 2. The highest BCUT2D eigenvalue weighted by Crippen LogP contribution is 2.18. The maximum Gasteiger partial charge on any atom is 0.126 e. The summed E-state index contributed by atoms with van der Waals surface area (Å²) in [5.74, 6) is -0.497. The molecule has 0 aromatic heterocycles. The number of hydrogen-bond donors (Lipinski definition) is 1. The zero-order valence-electron chi connectivity index (χ0n) is 11.9. The van der Waals surface area contributed by atoms with Crippen molar-refractivity contribution in [3.63, 3.8) is 0 Å². The molecule has 2 nitrogen and oxygen atoms in total. The van der Waals surface area contributed by atoms with Crippen molar-refractivity contribution < 1.29 is 18.6 Å². The van der Waals surface area contributed by atoms with E-state index in [0.29, 0.717) is 18.4 Å². The second-order valence-electron chi connectivity index (χ2n) is 5.08. The Morgan fingerprint density at radius 3 is 2.05 bits per heavy atom. The molecule has 0 saturated carbocycles. The number of aliphatic hydroxyl groups is 1. The molecule has 112 valence electrons. The van der Waals surface area contributed by atoms with Gasteiger partial charge in [-0.1, -0.05) is 12.1 Å². The third-order valence-electron chi connectivity index (χ3n) is 3.39. The average Bonchev–Trinajstić information content (AvgIpc) is 2.46. The van der Waals surface area contributed by atoms with Gasteiger partial charge in [-0.25, -0.2) is 8.78 Å². The Morgan fingerprint density at radius 1 is 0.952 bits per heavy atom. The molecule has 2 aromatic carbocycles. The third kappa shape index (κ3) is 4.53. The highest BCUT2D eigenvalue weighted by Gasteiger charge is 2.11. The molecule has 0 radical (unpaired) electrons. The van der Waals surface area contributed by atoms with E-state index in [4.69, 9.17) is 4.74 Å². The number of halogens is 2. The fourth-order valence-corrected chi connectivity index (χ4v) is 2.36. The lowest BCUT2D eigenvalue weighted by molar-refractivity contribution is 0.224. The summed E-state index contributed by atoms with van der Waals surface area (Å²) in [6.07, 6.45) is 1.07. The molecule has 1 atom stereocenters. The summed E-state index contributed by atoms with van der Waals surface area (Å²) in [6.45, 7) is -0.0375. The van der Waals surface area contributed by atoms with Gasteiger partial charge in [-0.05, 0) is 54.2 Å². The van der Waals surface area contributed by atoms with E-state index in [-0.39, 0.29) is 12.5 Å². The molecule has 0 fully saturated rings. The van der Waals surface area contributed by atoms with Crippen LogP contribution < -0.4 is 4.74 Å². The van der Waals surface area contributed by atoms with Crippen molar-refractivity contribution in [2.24, 2.45) is 5.92 Å². The summed E-state index contributed by atoms with van der Waals surface area (Å²) in [4.78, 5) is 0. The lowest BCUT2D eigenvalue weighted by Gasteiger charge is -2.15. The molecule has 2 rings (SSSR count). The van der Waals surface area contributed by atoms with Crippen LogP contribution in [0.15, 0.2) is 42.5 Å². The standard InChI is InChI=1S/C17H18F2O2/c1-21-17-4-2-12(3-5-17)6-14(11-20)7-13-8-15(18)10-16(19)9-13/h2-5,8-10,14,20H,6-7,11H2,1H3. The summed E-state index contributed by atoms with van der Waals surface area (Å²) in [5, 5.41) is 9.48. The van der Waals surface area contributed by atoms with Gasteiger partial charge in [-0.2, -0.15) is 0 Å². The zero-order chi connectivity index (χ0) is 15.2. The molecule has 4 heteroatoms. The van der Waals surface area contributed by atoms with Crippen LogP contribution in [0.1, 0.15) is 11.1 Å². The normalized spacial score (nSPS) is 12.2. The average molecular weight is 292 g/mol. The van der Waals surface area contributed by atoms with E-state index in [0.717, 1.165) is 17.4 Å². The van der Waals surface area contributed by atoms with Crippen LogP contribution in [-0.4, -0.2) is 18.8 Å². The molecule has 21 heavy (non-hydrogen) atoms. The summed E-state index contributed by atoms with van der Waals surface area (Å²) >= 11 is 0. The Hall–Kier alpha value is -1.94. The molecular weight excluding hydrogens is 274 g/mol. The second-order valence-corrected chi connectivity index (χ2v) is 5.08. The maximum absolute atomic E-state index is 13.2. The summed E-state index contributed by atoms with van der Waals surface area (Å²) in [7, 11) is 1.60. The smallest absolute Gasteiger partial charge is 0.126 e. The van der Waals surface area contributed by atoms with Crippen molar-refractivity contribution in [2.45, 2.75) is 12.8 Å². The van der Waals surface area contributed by atoms with Gasteiger partial charge in [0, 0.05) is 12.7 Å². The second kappa shape index (κ2) is 7.18. The largest absolute Gasteiger partial charge is 0.497 e. The number of benzene rings is 2. The Labute approximate surface area is 123 Å². The predicted octanol–water partition coefficient (Wildman–Crippen LogP) is 3.37. The predicted molar refractivity (Wildman–Crippen MR) is 77.3 cm³/mol. The van der Waals surface area contributed by atoms with E-state index in [2.05, 4.69) is 0 Å². The van der Waals surface area contributed by atoms with Crippen LogP contribution in [-0.2, 0) is 12.8 Å². The Kier molecular flexibility index (Phi) is 5.28.